The first-order chi connectivity index (χ1) is 7.35. The van der Waals surface area contributed by atoms with E-state index in [0.717, 1.165) is 12.3 Å². The van der Waals surface area contributed by atoms with E-state index < -0.39 is 0 Å². The minimum absolute atomic E-state index is 0. The zero-order chi connectivity index (χ0) is 11.7. The summed E-state index contributed by atoms with van der Waals surface area (Å²) >= 11 is 0. The molecule has 0 unspecified atom stereocenters. The van der Waals surface area contributed by atoms with Gasteiger partial charge in [0.1, 0.15) is 0 Å². The Bertz CT molecular complexity index is 326. The van der Waals surface area contributed by atoms with Crippen molar-refractivity contribution in [3.8, 4) is 0 Å². The molecule has 3 aliphatic carbocycles. The monoisotopic (exact) mass is 311 g/mol. The Morgan fingerprint density at radius 3 is 2.53 bits per heavy atom. The van der Waals surface area contributed by atoms with Crippen molar-refractivity contribution in [1.29, 1.82) is 0 Å². The molecule has 0 aromatic carbocycles. The fourth-order valence-corrected chi connectivity index (χ4v) is 4.08. The second kappa shape index (κ2) is 4.28. The van der Waals surface area contributed by atoms with Gasteiger partial charge in [0, 0.05) is 32.7 Å². The van der Waals surface area contributed by atoms with Gasteiger partial charge in [-0.3, -0.25) is 0 Å². The SMILES string of the molecule is [CH2-][C@H](N)B1O[C@@H]2C[C@@H]3C[C@@H](C3(C)C)[C@]2(C)O1.[Y]. The molecule has 2 N–H and O–H groups in total. The standard InChI is InChI=1S/C12H21BNO2.Y/c1-7(14)13-15-10-6-8-5-9(11(8,2)3)12(10,4)16-13;/h7-10H,1,5-6,14H2,2-4H3;/q-1;/t7-,8-,9-,10+,12-;/m0./s1. The summed E-state index contributed by atoms with van der Waals surface area (Å²) in [4.78, 5) is 0. The second-order valence-electron chi connectivity index (χ2n) is 6.50. The molecular weight excluding hydrogens is 290 g/mol. The summed E-state index contributed by atoms with van der Waals surface area (Å²) < 4.78 is 12.0. The number of rotatable bonds is 1. The topological polar surface area (TPSA) is 44.5 Å². The predicted molar refractivity (Wildman–Crippen MR) is 63.4 cm³/mol. The van der Waals surface area contributed by atoms with Gasteiger partial charge in [0.2, 0.25) is 0 Å². The van der Waals surface area contributed by atoms with Crippen molar-refractivity contribution in [2.24, 2.45) is 23.0 Å². The van der Waals surface area contributed by atoms with Crippen LogP contribution in [0, 0.1) is 24.2 Å². The maximum Gasteiger partial charge on any atom is 0.442 e. The first kappa shape index (κ1) is 14.5. The normalized spacial score (nSPS) is 47.8. The summed E-state index contributed by atoms with van der Waals surface area (Å²) in [5, 5.41) is 0. The Labute approximate surface area is 130 Å². The van der Waals surface area contributed by atoms with Crippen LogP contribution in [0.5, 0.6) is 0 Å². The number of nitrogens with two attached hydrogens (primary N) is 1. The molecular formula is C12H21BNO2Y-. The van der Waals surface area contributed by atoms with Crippen LogP contribution in [0.15, 0.2) is 0 Å². The summed E-state index contributed by atoms with van der Waals surface area (Å²) in [6.45, 7) is 10.7. The maximum atomic E-state index is 6.09. The van der Waals surface area contributed by atoms with Crippen molar-refractivity contribution >= 4 is 7.12 Å². The first-order valence-electron chi connectivity index (χ1n) is 6.27. The molecule has 4 aliphatic rings. The molecule has 0 amide bonds. The average molecular weight is 311 g/mol. The van der Waals surface area contributed by atoms with E-state index in [1.807, 2.05) is 0 Å². The summed E-state index contributed by atoms with van der Waals surface area (Å²) in [5.74, 6) is 1.11. The molecule has 0 spiro atoms. The second-order valence-corrected chi connectivity index (χ2v) is 6.50. The van der Waals surface area contributed by atoms with Crippen LogP contribution in [0.3, 0.4) is 0 Å². The van der Waals surface area contributed by atoms with Crippen LogP contribution in [-0.4, -0.2) is 24.8 Å². The van der Waals surface area contributed by atoms with Crippen molar-refractivity contribution < 1.29 is 42.0 Å². The van der Waals surface area contributed by atoms with E-state index in [2.05, 4.69) is 27.7 Å². The molecule has 5 heteroatoms. The molecule has 3 saturated carbocycles. The zero-order valence-corrected chi connectivity index (χ0v) is 13.8. The predicted octanol–water partition coefficient (Wildman–Crippen LogP) is 1.41. The molecule has 0 aromatic rings. The number of hydrogen-bond donors (Lipinski definition) is 1. The minimum atomic E-state index is -0.315. The van der Waals surface area contributed by atoms with Crippen LogP contribution in [0.4, 0.5) is 0 Å². The minimum Gasteiger partial charge on any atom is -0.406 e. The van der Waals surface area contributed by atoms with Gasteiger partial charge >= 0.3 is 7.12 Å². The average Bonchev–Trinajstić information content (AvgIpc) is 2.54. The van der Waals surface area contributed by atoms with Gasteiger partial charge in [-0.1, -0.05) is 19.8 Å². The van der Waals surface area contributed by atoms with Gasteiger partial charge in [0.15, 0.2) is 0 Å². The van der Waals surface area contributed by atoms with Crippen LogP contribution in [0.1, 0.15) is 33.6 Å². The summed E-state index contributed by atoms with van der Waals surface area (Å²) in [6, 6.07) is 0. The van der Waals surface area contributed by atoms with Crippen molar-refractivity contribution in [3.05, 3.63) is 6.92 Å². The van der Waals surface area contributed by atoms with Crippen LogP contribution >= 0.6 is 0 Å². The zero-order valence-electron chi connectivity index (χ0n) is 11.0. The van der Waals surface area contributed by atoms with E-state index >= 15 is 0 Å². The molecule has 1 saturated heterocycles. The molecule has 2 bridgehead atoms. The Balaban J connectivity index is 0.00000108. The van der Waals surface area contributed by atoms with E-state index in [1.165, 1.54) is 6.42 Å². The molecule has 5 atom stereocenters. The molecule has 93 valence electrons. The Morgan fingerprint density at radius 1 is 1.35 bits per heavy atom. The summed E-state index contributed by atoms with van der Waals surface area (Å²) in [7, 11) is -0.315. The molecule has 1 radical (unpaired) electrons. The largest absolute Gasteiger partial charge is 0.442 e. The number of hydrogen-bond acceptors (Lipinski definition) is 3. The molecule has 0 aromatic heterocycles. The van der Waals surface area contributed by atoms with E-state index in [9.17, 15) is 0 Å². The molecule has 1 heterocycles. The summed E-state index contributed by atoms with van der Waals surface area (Å²) in [6.07, 6.45) is 2.62. The molecule has 4 rings (SSSR count). The molecule has 3 nitrogen and oxygen atoms in total. The quantitative estimate of drug-likeness (QED) is 0.588. The van der Waals surface area contributed by atoms with Gasteiger partial charge in [-0.25, -0.2) is 0 Å². The Morgan fingerprint density at radius 2 is 2.00 bits per heavy atom. The Kier molecular flexibility index (Phi) is 3.64. The van der Waals surface area contributed by atoms with Crippen molar-refractivity contribution in [1.82, 2.24) is 0 Å². The Hall–Kier alpha value is 1.05. The third kappa shape index (κ3) is 1.82. The van der Waals surface area contributed by atoms with Crippen molar-refractivity contribution in [3.63, 3.8) is 0 Å². The van der Waals surface area contributed by atoms with Gasteiger partial charge < -0.3 is 22.0 Å². The van der Waals surface area contributed by atoms with Gasteiger partial charge in [-0.05, 0) is 37.0 Å². The fourth-order valence-electron chi connectivity index (χ4n) is 4.08. The van der Waals surface area contributed by atoms with Crippen LogP contribution in [0.2, 0.25) is 0 Å². The van der Waals surface area contributed by atoms with Gasteiger partial charge in [0.05, 0.1) is 11.7 Å². The van der Waals surface area contributed by atoms with E-state index in [0.29, 0.717) is 11.3 Å². The molecule has 4 fully saturated rings. The molecule has 17 heavy (non-hydrogen) atoms. The molecule has 1 aliphatic heterocycles. The smallest absolute Gasteiger partial charge is 0.406 e. The maximum absolute atomic E-state index is 6.09. The van der Waals surface area contributed by atoms with Crippen LogP contribution in [0.25, 0.3) is 0 Å². The van der Waals surface area contributed by atoms with Crippen molar-refractivity contribution in [2.45, 2.75) is 51.3 Å². The van der Waals surface area contributed by atoms with Gasteiger partial charge in [-0.2, -0.15) is 0 Å². The van der Waals surface area contributed by atoms with Crippen LogP contribution in [-0.2, 0) is 42.0 Å². The van der Waals surface area contributed by atoms with E-state index in [-0.39, 0.29) is 57.5 Å². The van der Waals surface area contributed by atoms with Crippen molar-refractivity contribution in [2.75, 3.05) is 0 Å². The van der Waals surface area contributed by atoms with E-state index in [4.69, 9.17) is 15.0 Å². The fraction of sp³-hybridized carbons (Fsp3) is 0.917. The van der Waals surface area contributed by atoms with E-state index in [1.54, 1.807) is 0 Å². The summed E-state index contributed by atoms with van der Waals surface area (Å²) in [5.41, 5.74) is 6.03. The van der Waals surface area contributed by atoms with Gasteiger partial charge in [-0.15, -0.1) is 0 Å². The first-order valence-corrected chi connectivity index (χ1v) is 6.27. The van der Waals surface area contributed by atoms with Gasteiger partial charge in [0.25, 0.3) is 0 Å². The van der Waals surface area contributed by atoms with Crippen LogP contribution < -0.4 is 5.73 Å². The third-order valence-corrected chi connectivity index (χ3v) is 5.32. The third-order valence-electron chi connectivity index (χ3n) is 5.32.